The number of aryl methyl sites for hydroxylation is 1. The van der Waals surface area contributed by atoms with Crippen molar-refractivity contribution >= 4 is 23.4 Å². The summed E-state index contributed by atoms with van der Waals surface area (Å²) in [6, 6.07) is 20.2. The minimum Gasteiger partial charge on any atom is -0.394 e. The molecule has 0 aliphatic heterocycles. The summed E-state index contributed by atoms with van der Waals surface area (Å²) >= 11 is 7.38. The molecule has 0 aromatic heterocycles. The summed E-state index contributed by atoms with van der Waals surface area (Å²) in [6.07, 6.45) is 1.08. The summed E-state index contributed by atoms with van der Waals surface area (Å²) in [5.41, 5.74) is 7.26. The van der Waals surface area contributed by atoms with E-state index in [-0.39, 0.29) is 19.0 Å². The van der Waals surface area contributed by atoms with Crippen LogP contribution in [0.1, 0.15) is 12.0 Å². The Balaban J connectivity index is 1.69. The highest BCUT2D eigenvalue weighted by molar-refractivity contribution is 7.99. The Hall–Kier alpha value is -1.89. The molecule has 3 aromatic rings. The van der Waals surface area contributed by atoms with Crippen LogP contribution in [0, 0.1) is 5.82 Å². The maximum Gasteiger partial charge on any atom is 0.132 e. The zero-order valence-corrected chi connectivity index (χ0v) is 17.4. The van der Waals surface area contributed by atoms with Crippen LogP contribution in [0.3, 0.4) is 0 Å². The predicted octanol–water partition coefficient (Wildman–Crippen LogP) is 4.91. The normalized spacial score (nSPS) is 11.6. The molecule has 0 aliphatic carbocycles. The average molecular weight is 432 g/mol. The zero-order chi connectivity index (χ0) is 20.9. The van der Waals surface area contributed by atoms with Gasteiger partial charge in [-0.15, -0.1) is 0 Å². The van der Waals surface area contributed by atoms with Crippen molar-refractivity contribution in [1.29, 1.82) is 0 Å². The highest BCUT2D eigenvalue weighted by Crippen LogP contribution is 2.32. The predicted molar refractivity (Wildman–Crippen MR) is 117 cm³/mol. The largest absolute Gasteiger partial charge is 0.394 e. The van der Waals surface area contributed by atoms with Crippen molar-refractivity contribution < 1.29 is 14.6 Å². The Morgan fingerprint density at radius 1 is 0.897 bits per heavy atom. The molecule has 0 heterocycles. The van der Waals surface area contributed by atoms with E-state index < -0.39 is 5.54 Å². The van der Waals surface area contributed by atoms with Gasteiger partial charge in [-0.05, 0) is 60.4 Å². The van der Waals surface area contributed by atoms with Gasteiger partial charge in [-0.2, -0.15) is 0 Å². The van der Waals surface area contributed by atoms with Crippen molar-refractivity contribution in [2.45, 2.75) is 28.2 Å². The first-order valence-electron chi connectivity index (χ1n) is 9.25. The van der Waals surface area contributed by atoms with Gasteiger partial charge in [0.15, 0.2) is 0 Å². The summed E-state index contributed by atoms with van der Waals surface area (Å²) in [7, 11) is 0. The molecule has 3 aromatic carbocycles. The topological polar surface area (TPSA) is 66.5 Å². The summed E-state index contributed by atoms with van der Waals surface area (Å²) in [4.78, 5) is 1.81. The van der Waals surface area contributed by atoms with Gasteiger partial charge < -0.3 is 15.9 Å². The minimum absolute atomic E-state index is 0.271. The van der Waals surface area contributed by atoms with Crippen LogP contribution in [0.25, 0.3) is 11.1 Å². The molecule has 29 heavy (non-hydrogen) atoms. The molecule has 3 rings (SSSR count). The van der Waals surface area contributed by atoms with Crippen molar-refractivity contribution in [3.05, 3.63) is 83.1 Å². The van der Waals surface area contributed by atoms with Gasteiger partial charge in [0.1, 0.15) is 5.82 Å². The highest BCUT2D eigenvalue weighted by Gasteiger charge is 2.22. The minimum atomic E-state index is -0.984. The monoisotopic (exact) mass is 431 g/mol. The number of halogens is 2. The number of benzene rings is 3. The number of nitrogens with two attached hydrogens (primary N) is 1. The van der Waals surface area contributed by atoms with Crippen LogP contribution < -0.4 is 5.73 Å². The summed E-state index contributed by atoms with van der Waals surface area (Å²) in [6.45, 7) is -0.541. The molecule has 0 fully saturated rings. The maximum absolute atomic E-state index is 14.7. The van der Waals surface area contributed by atoms with E-state index in [1.165, 1.54) is 17.8 Å². The average Bonchev–Trinajstić information content (AvgIpc) is 2.74. The smallest absolute Gasteiger partial charge is 0.132 e. The second-order valence-electron chi connectivity index (χ2n) is 7.07. The van der Waals surface area contributed by atoms with E-state index in [1.807, 2.05) is 54.6 Å². The fourth-order valence-electron chi connectivity index (χ4n) is 2.88. The quantitative estimate of drug-likeness (QED) is 0.474. The van der Waals surface area contributed by atoms with Crippen molar-refractivity contribution in [3.8, 4) is 11.1 Å². The Kier molecular flexibility index (Phi) is 7.33. The zero-order valence-electron chi connectivity index (χ0n) is 15.8. The molecule has 4 N–H and O–H groups in total. The van der Waals surface area contributed by atoms with Gasteiger partial charge in [-0.3, -0.25) is 0 Å². The standard InChI is InChI=1S/C23H23ClFNO2S/c24-18-5-7-19(8-6-18)29-20-9-10-21(22(25)13-20)17-3-1-16(2-4-17)11-12-23(26,14-27)15-28/h1-10,13,27-28H,11-12,14-15,26H2. The van der Waals surface area contributed by atoms with Gasteiger partial charge in [0.05, 0.1) is 18.8 Å². The number of hydrogen-bond donors (Lipinski definition) is 3. The van der Waals surface area contributed by atoms with Crippen molar-refractivity contribution in [2.24, 2.45) is 5.73 Å². The molecule has 152 valence electrons. The van der Waals surface area contributed by atoms with Crippen molar-refractivity contribution in [1.82, 2.24) is 0 Å². The number of aliphatic hydroxyl groups excluding tert-OH is 2. The molecule has 0 spiro atoms. The van der Waals surface area contributed by atoms with Crippen LogP contribution in [0.4, 0.5) is 4.39 Å². The molecule has 0 unspecified atom stereocenters. The molecular weight excluding hydrogens is 409 g/mol. The Bertz CT molecular complexity index is 944. The van der Waals surface area contributed by atoms with E-state index in [2.05, 4.69) is 0 Å². The van der Waals surface area contributed by atoms with E-state index in [4.69, 9.17) is 17.3 Å². The first kappa shape index (κ1) is 21.8. The number of rotatable bonds is 8. The second kappa shape index (κ2) is 9.74. The fraction of sp³-hybridized carbons (Fsp3) is 0.217. The molecule has 0 amide bonds. The molecule has 0 aliphatic rings. The van der Waals surface area contributed by atoms with E-state index in [1.54, 1.807) is 6.07 Å². The van der Waals surface area contributed by atoms with Crippen molar-refractivity contribution in [2.75, 3.05) is 13.2 Å². The highest BCUT2D eigenvalue weighted by atomic mass is 35.5. The molecule has 0 saturated carbocycles. The third-order valence-corrected chi connectivity index (χ3v) is 6.05. The Morgan fingerprint density at radius 2 is 1.52 bits per heavy atom. The first-order valence-corrected chi connectivity index (χ1v) is 10.4. The molecule has 3 nitrogen and oxygen atoms in total. The van der Waals surface area contributed by atoms with E-state index in [9.17, 15) is 14.6 Å². The molecular formula is C23H23ClFNO2S. The third-order valence-electron chi connectivity index (χ3n) is 4.80. The number of aliphatic hydroxyl groups is 2. The lowest BCUT2D eigenvalue weighted by Crippen LogP contribution is -2.47. The van der Waals surface area contributed by atoms with Gasteiger partial charge in [-0.1, -0.05) is 53.7 Å². The lowest BCUT2D eigenvalue weighted by atomic mass is 9.93. The van der Waals surface area contributed by atoms with Crippen LogP contribution >= 0.6 is 23.4 Å². The van der Waals surface area contributed by atoms with Crippen LogP contribution in [0.2, 0.25) is 5.02 Å². The van der Waals surface area contributed by atoms with Gasteiger partial charge in [-0.25, -0.2) is 4.39 Å². The lowest BCUT2D eigenvalue weighted by Gasteiger charge is -2.24. The Morgan fingerprint density at radius 3 is 2.10 bits per heavy atom. The van der Waals surface area contributed by atoms with Crippen LogP contribution in [0.5, 0.6) is 0 Å². The van der Waals surface area contributed by atoms with Gasteiger partial charge in [0, 0.05) is 20.4 Å². The Labute approximate surface area is 179 Å². The maximum atomic E-state index is 14.7. The second-order valence-corrected chi connectivity index (χ2v) is 8.66. The summed E-state index contributed by atoms with van der Waals surface area (Å²) in [5.74, 6) is -0.279. The first-order chi connectivity index (χ1) is 13.9. The van der Waals surface area contributed by atoms with Gasteiger partial charge in [0.25, 0.3) is 0 Å². The fourth-order valence-corrected chi connectivity index (χ4v) is 3.85. The molecule has 0 saturated heterocycles. The van der Waals surface area contributed by atoms with Crippen LogP contribution in [-0.4, -0.2) is 29.0 Å². The van der Waals surface area contributed by atoms with Gasteiger partial charge >= 0.3 is 0 Å². The van der Waals surface area contributed by atoms with E-state index >= 15 is 0 Å². The third kappa shape index (κ3) is 5.81. The van der Waals surface area contributed by atoms with Gasteiger partial charge in [0.2, 0.25) is 0 Å². The number of hydrogen-bond acceptors (Lipinski definition) is 4. The van der Waals surface area contributed by atoms with Crippen LogP contribution in [-0.2, 0) is 6.42 Å². The van der Waals surface area contributed by atoms with E-state index in [0.29, 0.717) is 23.4 Å². The lowest BCUT2D eigenvalue weighted by molar-refractivity contribution is 0.115. The SMILES string of the molecule is NC(CO)(CO)CCc1ccc(-c2ccc(Sc3ccc(Cl)cc3)cc2F)cc1. The summed E-state index contributed by atoms with van der Waals surface area (Å²) < 4.78 is 14.7. The summed E-state index contributed by atoms with van der Waals surface area (Å²) in [5, 5.41) is 19.2. The molecule has 0 radical (unpaired) electrons. The van der Waals surface area contributed by atoms with Crippen LogP contribution in [0.15, 0.2) is 76.5 Å². The molecule has 6 heteroatoms. The molecule has 0 atom stereocenters. The molecule has 0 bridgehead atoms. The van der Waals surface area contributed by atoms with E-state index in [0.717, 1.165) is 20.9 Å². The van der Waals surface area contributed by atoms with Crippen molar-refractivity contribution in [3.63, 3.8) is 0 Å².